The second kappa shape index (κ2) is 5.27. The van der Waals surface area contributed by atoms with Gasteiger partial charge in [-0.1, -0.05) is 19.9 Å². The van der Waals surface area contributed by atoms with Crippen molar-refractivity contribution in [3.05, 3.63) is 30.1 Å². The molecule has 0 aliphatic carbocycles. The fourth-order valence-electron chi connectivity index (χ4n) is 1.99. The average molecular weight is 264 g/mol. The van der Waals surface area contributed by atoms with Gasteiger partial charge in [-0.25, -0.2) is 0 Å². The smallest absolute Gasteiger partial charge is 0.233 e. The van der Waals surface area contributed by atoms with Crippen LogP contribution in [-0.2, 0) is 14.9 Å². The normalized spacial score (nSPS) is 17.6. The van der Waals surface area contributed by atoms with Gasteiger partial charge in [-0.2, -0.15) is 0 Å². The summed E-state index contributed by atoms with van der Waals surface area (Å²) in [5.74, 6) is -0.148. The van der Waals surface area contributed by atoms with Crippen LogP contribution >= 0.6 is 0 Å². The van der Waals surface area contributed by atoms with E-state index < -0.39 is 5.41 Å². The summed E-state index contributed by atoms with van der Waals surface area (Å²) in [5, 5.41) is 12.2. The van der Waals surface area contributed by atoms with Gasteiger partial charge >= 0.3 is 0 Å². The first-order valence-electron chi connectivity index (χ1n) is 6.39. The quantitative estimate of drug-likeness (QED) is 0.811. The Morgan fingerprint density at radius 1 is 1.53 bits per heavy atom. The fraction of sp³-hybridized carbons (Fsp3) is 0.571. The summed E-state index contributed by atoms with van der Waals surface area (Å²) in [4.78, 5) is 16.4. The number of ether oxygens (including phenoxy) is 1. The average Bonchev–Trinajstić information content (AvgIpc) is 2.37. The van der Waals surface area contributed by atoms with E-state index in [0.717, 1.165) is 5.69 Å². The van der Waals surface area contributed by atoms with Gasteiger partial charge < -0.3 is 15.2 Å². The Labute approximate surface area is 113 Å². The summed E-state index contributed by atoms with van der Waals surface area (Å²) >= 11 is 0. The molecule has 0 spiro atoms. The third-order valence-corrected chi connectivity index (χ3v) is 3.59. The van der Waals surface area contributed by atoms with Crippen LogP contribution < -0.4 is 5.32 Å². The third kappa shape index (κ3) is 2.77. The molecule has 1 aliphatic heterocycles. The molecule has 1 fully saturated rings. The minimum Gasteiger partial charge on any atom is -0.395 e. The summed E-state index contributed by atoms with van der Waals surface area (Å²) in [6.45, 7) is 4.93. The van der Waals surface area contributed by atoms with Crippen molar-refractivity contribution in [3.63, 3.8) is 0 Å². The molecule has 1 amide bonds. The maximum Gasteiger partial charge on any atom is 0.233 e. The van der Waals surface area contributed by atoms with E-state index in [9.17, 15) is 9.90 Å². The Kier molecular flexibility index (Phi) is 3.87. The highest BCUT2D eigenvalue weighted by atomic mass is 16.5. The molecular weight excluding hydrogens is 244 g/mol. The molecular formula is C14H20N2O3. The van der Waals surface area contributed by atoms with E-state index >= 15 is 0 Å². The predicted molar refractivity (Wildman–Crippen MR) is 70.6 cm³/mol. The second-order valence-corrected chi connectivity index (χ2v) is 5.71. The summed E-state index contributed by atoms with van der Waals surface area (Å²) in [7, 11) is 0. The number of carbonyl (C=O) groups is 1. The Morgan fingerprint density at radius 2 is 2.26 bits per heavy atom. The topological polar surface area (TPSA) is 71.5 Å². The molecule has 0 bridgehead atoms. The van der Waals surface area contributed by atoms with Crippen molar-refractivity contribution in [1.29, 1.82) is 0 Å². The Hall–Kier alpha value is -1.46. The number of nitrogens with one attached hydrogen (secondary N) is 1. The molecule has 2 heterocycles. The van der Waals surface area contributed by atoms with Crippen LogP contribution in [0.5, 0.6) is 0 Å². The fourth-order valence-corrected chi connectivity index (χ4v) is 1.99. The lowest BCUT2D eigenvalue weighted by Crippen LogP contribution is -2.57. The predicted octanol–water partition coefficient (Wildman–Crippen LogP) is 0.484. The first kappa shape index (κ1) is 14.0. The van der Waals surface area contributed by atoms with Crippen LogP contribution in [0.2, 0.25) is 0 Å². The zero-order valence-electron chi connectivity index (χ0n) is 11.3. The van der Waals surface area contributed by atoms with Gasteiger partial charge in [0.15, 0.2) is 0 Å². The van der Waals surface area contributed by atoms with E-state index in [1.54, 1.807) is 6.20 Å². The highest BCUT2D eigenvalue weighted by Crippen LogP contribution is 2.27. The lowest BCUT2D eigenvalue weighted by atomic mass is 9.84. The summed E-state index contributed by atoms with van der Waals surface area (Å²) in [5.41, 5.74) is -0.0727. The van der Waals surface area contributed by atoms with E-state index in [0.29, 0.717) is 19.8 Å². The van der Waals surface area contributed by atoms with Crippen LogP contribution in [0.25, 0.3) is 0 Å². The summed E-state index contributed by atoms with van der Waals surface area (Å²) < 4.78 is 5.03. The Bertz CT molecular complexity index is 436. The molecule has 0 atom stereocenters. The largest absolute Gasteiger partial charge is 0.395 e. The number of nitrogens with zero attached hydrogens (tertiary/aromatic N) is 1. The molecule has 19 heavy (non-hydrogen) atoms. The van der Waals surface area contributed by atoms with Gasteiger partial charge in [-0.15, -0.1) is 0 Å². The monoisotopic (exact) mass is 264 g/mol. The van der Waals surface area contributed by atoms with Crippen molar-refractivity contribution < 1.29 is 14.6 Å². The number of pyridine rings is 1. The highest BCUT2D eigenvalue weighted by molar-refractivity contribution is 5.84. The van der Waals surface area contributed by atoms with Crippen molar-refractivity contribution in [2.24, 2.45) is 5.41 Å². The first-order chi connectivity index (χ1) is 9.00. The molecule has 1 aliphatic rings. The van der Waals surface area contributed by atoms with E-state index in [-0.39, 0.29) is 17.9 Å². The number of hydrogen-bond donors (Lipinski definition) is 2. The zero-order chi connectivity index (χ0) is 13.9. The van der Waals surface area contributed by atoms with Gasteiger partial charge in [-0.05, 0) is 12.1 Å². The zero-order valence-corrected chi connectivity index (χ0v) is 11.3. The Morgan fingerprint density at radius 3 is 2.74 bits per heavy atom. The molecule has 1 aromatic heterocycles. The minimum absolute atomic E-state index is 0.148. The molecule has 0 unspecified atom stereocenters. The van der Waals surface area contributed by atoms with Gasteiger partial charge in [0.05, 0.1) is 19.8 Å². The molecule has 5 nitrogen and oxygen atoms in total. The van der Waals surface area contributed by atoms with Crippen LogP contribution in [0.15, 0.2) is 24.4 Å². The number of aromatic nitrogens is 1. The van der Waals surface area contributed by atoms with Crippen molar-refractivity contribution in [2.45, 2.75) is 19.3 Å². The lowest BCUT2D eigenvalue weighted by molar-refractivity contribution is -0.170. The van der Waals surface area contributed by atoms with Crippen LogP contribution in [0, 0.1) is 5.41 Å². The Balaban J connectivity index is 1.96. The van der Waals surface area contributed by atoms with Gasteiger partial charge in [0.25, 0.3) is 0 Å². The van der Waals surface area contributed by atoms with Crippen molar-refractivity contribution in [3.8, 4) is 0 Å². The number of amides is 1. The van der Waals surface area contributed by atoms with E-state index in [1.807, 2.05) is 32.0 Å². The van der Waals surface area contributed by atoms with Crippen molar-refractivity contribution >= 4 is 5.91 Å². The van der Waals surface area contributed by atoms with Gasteiger partial charge in [-0.3, -0.25) is 9.78 Å². The van der Waals surface area contributed by atoms with Crippen molar-refractivity contribution in [2.75, 3.05) is 26.4 Å². The van der Waals surface area contributed by atoms with E-state index in [2.05, 4.69) is 10.3 Å². The molecule has 1 aromatic rings. The molecule has 104 valence electrons. The lowest BCUT2D eigenvalue weighted by Gasteiger charge is -2.39. The molecule has 0 saturated carbocycles. The SMILES string of the molecule is CC(C)(CNC(=O)C1(CO)COC1)c1ccccn1. The number of rotatable bonds is 5. The van der Waals surface area contributed by atoms with Crippen LogP contribution in [0.3, 0.4) is 0 Å². The molecule has 1 saturated heterocycles. The molecule has 2 rings (SSSR count). The summed E-state index contributed by atoms with van der Waals surface area (Å²) in [6.07, 6.45) is 1.74. The van der Waals surface area contributed by atoms with Crippen LogP contribution in [0.1, 0.15) is 19.5 Å². The van der Waals surface area contributed by atoms with Crippen LogP contribution in [-0.4, -0.2) is 42.4 Å². The number of aliphatic hydroxyl groups excluding tert-OH is 1. The maximum absolute atomic E-state index is 12.1. The highest BCUT2D eigenvalue weighted by Gasteiger charge is 2.45. The standard InChI is InChI=1S/C14H20N2O3/c1-13(2,11-5-3-4-6-15-11)7-16-12(18)14(8-17)9-19-10-14/h3-6,17H,7-10H2,1-2H3,(H,16,18). The summed E-state index contributed by atoms with van der Waals surface area (Å²) in [6, 6.07) is 5.74. The molecule has 5 heteroatoms. The molecule has 2 N–H and O–H groups in total. The maximum atomic E-state index is 12.1. The van der Waals surface area contributed by atoms with Gasteiger partial charge in [0.2, 0.25) is 5.91 Å². The molecule has 0 radical (unpaired) electrons. The number of aliphatic hydroxyl groups is 1. The number of carbonyl (C=O) groups excluding carboxylic acids is 1. The van der Waals surface area contributed by atoms with Crippen molar-refractivity contribution in [1.82, 2.24) is 10.3 Å². The van der Waals surface area contributed by atoms with E-state index in [4.69, 9.17) is 4.74 Å². The van der Waals surface area contributed by atoms with Crippen LogP contribution in [0.4, 0.5) is 0 Å². The third-order valence-electron chi connectivity index (χ3n) is 3.59. The molecule has 0 aromatic carbocycles. The second-order valence-electron chi connectivity index (χ2n) is 5.71. The minimum atomic E-state index is -0.750. The van der Waals surface area contributed by atoms with E-state index in [1.165, 1.54) is 0 Å². The number of hydrogen-bond acceptors (Lipinski definition) is 4. The van der Waals surface area contributed by atoms with Gasteiger partial charge in [0, 0.05) is 23.9 Å². The first-order valence-corrected chi connectivity index (χ1v) is 6.39. The van der Waals surface area contributed by atoms with Gasteiger partial charge in [0.1, 0.15) is 5.41 Å².